The van der Waals surface area contributed by atoms with E-state index < -0.39 is 0 Å². The Morgan fingerprint density at radius 1 is 1.50 bits per heavy atom. The van der Waals surface area contributed by atoms with Crippen LogP contribution in [-0.4, -0.2) is 25.7 Å². The maximum atomic E-state index is 11.3. The SMILES string of the molecule is CCCCOC(=O)CNCC1CC=CCC1. The van der Waals surface area contributed by atoms with Crippen molar-refractivity contribution < 1.29 is 9.53 Å². The van der Waals surface area contributed by atoms with Gasteiger partial charge >= 0.3 is 5.97 Å². The van der Waals surface area contributed by atoms with E-state index in [1.807, 2.05) is 0 Å². The molecule has 1 atom stereocenters. The standard InChI is InChI=1S/C13H23NO2/c1-2-3-9-16-13(15)11-14-10-12-7-5-4-6-8-12/h4-5,12,14H,2-3,6-11H2,1H3. The van der Waals surface area contributed by atoms with Crippen LogP contribution in [0, 0.1) is 5.92 Å². The second kappa shape index (κ2) is 8.34. The molecule has 0 fully saturated rings. The third-order valence-corrected chi connectivity index (χ3v) is 2.84. The summed E-state index contributed by atoms with van der Waals surface area (Å²) in [5.41, 5.74) is 0. The molecule has 0 aliphatic heterocycles. The van der Waals surface area contributed by atoms with E-state index in [9.17, 15) is 4.79 Å². The van der Waals surface area contributed by atoms with Crippen LogP contribution in [0.15, 0.2) is 12.2 Å². The highest BCUT2D eigenvalue weighted by atomic mass is 16.5. The number of rotatable bonds is 7. The van der Waals surface area contributed by atoms with Crippen molar-refractivity contribution in [2.45, 2.75) is 39.0 Å². The molecular formula is C13H23NO2. The van der Waals surface area contributed by atoms with Crippen LogP contribution < -0.4 is 5.32 Å². The first-order valence-corrected chi connectivity index (χ1v) is 6.34. The van der Waals surface area contributed by atoms with Crippen molar-refractivity contribution in [2.75, 3.05) is 19.7 Å². The second-order valence-electron chi connectivity index (χ2n) is 4.36. The molecular weight excluding hydrogens is 202 g/mol. The highest BCUT2D eigenvalue weighted by molar-refractivity contribution is 5.71. The quantitative estimate of drug-likeness (QED) is 0.410. The third-order valence-electron chi connectivity index (χ3n) is 2.84. The number of hydrogen-bond donors (Lipinski definition) is 1. The van der Waals surface area contributed by atoms with Gasteiger partial charge in [-0.25, -0.2) is 0 Å². The average molecular weight is 225 g/mol. The van der Waals surface area contributed by atoms with Crippen molar-refractivity contribution in [3.63, 3.8) is 0 Å². The Hall–Kier alpha value is -0.830. The van der Waals surface area contributed by atoms with Crippen molar-refractivity contribution in [3.05, 3.63) is 12.2 Å². The van der Waals surface area contributed by atoms with Crippen LogP contribution in [0.4, 0.5) is 0 Å². The van der Waals surface area contributed by atoms with Gasteiger partial charge in [0, 0.05) is 0 Å². The molecule has 92 valence electrons. The Morgan fingerprint density at radius 3 is 3.06 bits per heavy atom. The first-order valence-electron chi connectivity index (χ1n) is 6.34. The first-order chi connectivity index (χ1) is 7.83. The van der Waals surface area contributed by atoms with Gasteiger partial charge in [-0.15, -0.1) is 0 Å². The second-order valence-corrected chi connectivity index (χ2v) is 4.36. The number of carbonyl (C=O) groups excluding carboxylic acids is 1. The summed E-state index contributed by atoms with van der Waals surface area (Å²) < 4.78 is 5.06. The molecule has 1 N–H and O–H groups in total. The van der Waals surface area contributed by atoms with E-state index in [2.05, 4.69) is 24.4 Å². The summed E-state index contributed by atoms with van der Waals surface area (Å²) in [5.74, 6) is 0.563. The molecule has 0 saturated carbocycles. The lowest BCUT2D eigenvalue weighted by atomic mass is 9.94. The van der Waals surface area contributed by atoms with E-state index in [0.29, 0.717) is 19.1 Å². The number of unbranched alkanes of at least 4 members (excludes halogenated alkanes) is 1. The van der Waals surface area contributed by atoms with Gasteiger partial charge in [0.25, 0.3) is 0 Å². The zero-order valence-corrected chi connectivity index (χ0v) is 10.2. The summed E-state index contributed by atoms with van der Waals surface area (Å²) in [5, 5.41) is 3.17. The molecule has 0 amide bonds. The lowest BCUT2D eigenvalue weighted by Gasteiger charge is -2.17. The van der Waals surface area contributed by atoms with Gasteiger partial charge in [0.1, 0.15) is 0 Å². The van der Waals surface area contributed by atoms with Crippen LogP contribution in [0.2, 0.25) is 0 Å². The van der Waals surface area contributed by atoms with Gasteiger partial charge in [0.15, 0.2) is 0 Å². The van der Waals surface area contributed by atoms with E-state index in [4.69, 9.17) is 4.74 Å². The molecule has 1 unspecified atom stereocenters. The van der Waals surface area contributed by atoms with E-state index in [-0.39, 0.29) is 5.97 Å². The number of carbonyl (C=O) groups is 1. The zero-order chi connectivity index (χ0) is 11.6. The first kappa shape index (κ1) is 13.2. The van der Waals surface area contributed by atoms with Crippen LogP contribution in [0.25, 0.3) is 0 Å². The van der Waals surface area contributed by atoms with Crippen LogP contribution in [0.1, 0.15) is 39.0 Å². The number of allylic oxidation sites excluding steroid dienone is 2. The van der Waals surface area contributed by atoms with E-state index >= 15 is 0 Å². The van der Waals surface area contributed by atoms with Crippen molar-refractivity contribution in [2.24, 2.45) is 5.92 Å². The molecule has 1 aliphatic carbocycles. The van der Waals surface area contributed by atoms with Gasteiger partial charge < -0.3 is 10.1 Å². The highest BCUT2D eigenvalue weighted by Crippen LogP contribution is 2.16. The predicted molar refractivity (Wildman–Crippen MR) is 65.2 cm³/mol. The third kappa shape index (κ3) is 5.91. The number of esters is 1. The molecule has 3 heteroatoms. The smallest absolute Gasteiger partial charge is 0.319 e. The Labute approximate surface area is 98.2 Å². The summed E-state index contributed by atoms with van der Waals surface area (Å²) in [4.78, 5) is 11.3. The van der Waals surface area contributed by atoms with Crippen molar-refractivity contribution in [3.8, 4) is 0 Å². The zero-order valence-electron chi connectivity index (χ0n) is 10.2. The fourth-order valence-corrected chi connectivity index (χ4v) is 1.80. The van der Waals surface area contributed by atoms with Crippen LogP contribution in [-0.2, 0) is 9.53 Å². The topological polar surface area (TPSA) is 38.3 Å². The minimum Gasteiger partial charge on any atom is -0.465 e. The maximum absolute atomic E-state index is 11.3. The molecule has 0 aromatic heterocycles. The Kier molecular flexibility index (Phi) is 6.90. The van der Waals surface area contributed by atoms with Gasteiger partial charge in [-0.1, -0.05) is 25.5 Å². The summed E-state index contributed by atoms with van der Waals surface area (Å²) >= 11 is 0. The van der Waals surface area contributed by atoms with Gasteiger partial charge in [-0.05, 0) is 38.1 Å². The Balaban J connectivity index is 1.97. The Bertz CT molecular complexity index is 226. The van der Waals surface area contributed by atoms with Crippen LogP contribution in [0.3, 0.4) is 0 Å². The Morgan fingerprint density at radius 2 is 2.38 bits per heavy atom. The summed E-state index contributed by atoms with van der Waals surface area (Å²) in [6, 6.07) is 0. The fourth-order valence-electron chi connectivity index (χ4n) is 1.80. The normalized spacial score (nSPS) is 19.7. The molecule has 3 nitrogen and oxygen atoms in total. The average Bonchev–Trinajstić information content (AvgIpc) is 2.31. The fraction of sp³-hybridized carbons (Fsp3) is 0.769. The summed E-state index contributed by atoms with van der Waals surface area (Å²) in [7, 11) is 0. The minimum atomic E-state index is -0.125. The molecule has 0 aromatic rings. The maximum Gasteiger partial charge on any atom is 0.319 e. The summed E-state index contributed by atoms with van der Waals surface area (Å²) in [6.45, 7) is 3.92. The van der Waals surface area contributed by atoms with Gasteiger partial charge in [0.2, 0.25) is 0 Å². The van der Waals surface area contributed by atoms with Crippen molar-refractivity contribution >= 4 is 5.97 Å². The molecule has 1 aliphatic rings. The largest absolute Gasteiger partial charge is 0.465 e. The van der Waals surface area contributed by atoms with Gasteiger partial charge in [-0.3, -0.25) is 4.79 Å². The van der Waals surface area contributed by atoms with E-state index in [1.165, 1.54) is 12.8 Å². The molecule has 0 saturated heterocycles. The molecule has 0 aromatic carbocycles. The van der Waals surface area contributed by atoms with E-state index in [0.717, 1.165) is 25.8 Å². The van der Waals surface area contributed by atoms with Crippen LogP contribution in [0.5, 0.6) is 0 Å². The molecule has 0 radical (unpaired) electrons. The molecule has 0 heterocycles. The lowest BCUT2D eigenvalue weighted by Crippen LogP contribution is -2.30. The van der Waals surface area contributed by atoms with Gasteiger partial charge in [0.05, 0.1) is 13.2 Å². The monoisotopic (exact) mass is 225 g/mol. The summed E-state index contributed by atoms with van der Waals surface area (Å²) in [6.07, 6.45) is 10.0. The van der Waals surface area contributed by atoms with Crippen molar-refractivity contribution in [1.82, 2.24) is 5.32 Å². The molecule has 0 spiro atoms. The molecule has 16 heavy (non-hydrogen) atoms. The number of ether oxygens (including phenoxy) is 1. The van der Waals surface area contributed by atoms with Crippen LogP contribution >= 0.6 is 0 Å². The predicted octanol–water partition coefficient (Wildman–Crippen LogP) is 2.28. The van der Waals surface area contributed by atoms with E-state index in [1.54, 1.807) is 0 Å². The minimum absolute atomic E-state index is 0.125. The highest BCUT2D eigenvalue weighted by Gasteiger charge is 2.10. The molecule has 0 bridgehead atoms. The molecule has 1 rings (SSSR count). The number of nitrogens with one attached hydrogen (secondary N) is 1. The number of hydrogen-bond acceptors (Lipinski definition) is 3. The van der Waals surface area contributed by atoms with Crippen molar-refractivity contribution in [1.29, 1.82) is 0 Å². The lowest BCUT2D eigenvalue weighted by molar-refractivity contribution is -0.142. The van der Waals surface area contributed by atoms with Gasteiger partial charge in [-0.2, -0.15) is 0 Å².